The number of rotatable bonds is 5. The number of hydrogen-bond donors (Lipinski definition) is 1. The van der Waals surface area contributed by atoms with Crippen molar-refractivity contribution < 1.29 is 19.1 Å². The maximum atomic E-state index is 13.0. The first kappa shape index (κ1) is 21.9. The molecule has 2 aliphatic heterocycles. The van der Waals surface area contributed by atoms with Gasteiger partial charge in [0.2, 0.25) is 0 Å². The van der Waals surface area contributed by atoms with Crippen molar-refractivity contribution >= 4 is 30.4 Å². The summed E-state index contributed by atoms with van der Waals surface area (Å²) in [7, 11) is 2.10. The van der Waals surface area contributed by atoms with Gasteiger partial charge in [0.1, 0.15) is 5.76 Å². The molecule has 3 heterocycles. The minimum absolute atomic E-state index is 0. The van der Waals surface area contributed by atoms with Crippen LogP contribution in [0.2, 0.25) is 0 Å². The van der Waals surface area contributed by atoms with E-state index in [9.17, 15) is 9.59 Å². The summed E-state index contributed by atoms with van der Waals surface area (Å²) in [5.74, 6) is 0.676. The van der Waals surface area contributed by atoms with Crippen molar-refractivity contribution in [2.24, 2.45) is 5.92 Å². The van der Waals surface area contributed by atoms with E-state index >= 15 is 0 Å². The highest BCUT2D eigenvalue weighted by Crippen LogP contribution is 2.33. The number of likely N-dealkylation sites (N-methyl/N-ethyl adjacent to an activating group) is 1. The van der Waals surface area contributed by atoms with Gasteiger partial charge in [-0.2, -0.15) is 4.98 Å². The average Bonchev–Trinajstić information content (AvgIpc) is 3.22. The van der Waals surface area contributed by atoms with Crippen LogP contribution in [0, 0.1) is 5.92 Å². The second-order valence-corrected chi connectivity index (χ2v) is 8.40. The summed E-state index contributed by atoms with van der Waals surface area (Å²) in [6.07, 6.45) is 6.61. The standard InChI is InChI=1S/C20H30N4O4.ClH/c1-22-10-8-16-17(9-11-22)28-19(21-16)24-13-12-23(20(24)27)15-5-2-14(3-6-15)4-7-18(25)26;/h14-15H,2-13H2,1H3,(H,25,26);1H. The lowest BCUT2D eigenvalue weighted by Crippen LogP contribution is -2.41. The van der Waals surface area contributed by atoms with Gasteiger partial charge in [-0.3, -0.25) is 4.79 Å². The number of aromatic nitrogens is 1. The molecule has 162 valence electrons. The number of aliphatic carboxylic acids is 1. The Kier molecular flexibility index (Phi) is 7.05. The molecule has 9 heteroatoms. The molecule has 0 aromatic carbocycles. The number of carbonyl (C=O) groups excluding carboxylic acids is 1. The number of carboxylic acids is 1. The maximum Gasteiger partial charge on any atom is 0.328 e. The summed E-state index contributed by atoms with van der Waals surface area (Å²) in [5.41, 5.74) is 0.990. The summed E-state index contributed by atoms with van der Waals surface area (Å²) in [6.45, 7) is 3.24. The Labute approximate surface area is 177 Å². The molecule has 1 saturated carbocycles. The first-order valence-electron chi connectivity index (χ1n) is 10.5. The SMILES string of the molecule is CN1CCc2nc(N3CCN(C4CCC(CCC(=O)O)CC4)C3=O)oc2CC1.Cl. The third-order valence-electron chi connectivity index (χ3n) is 6.51. The molecule has 1 aromatic rings. The van der Waals surface area contributed by atoms with E-state index in [1.807, 2.05) is 4.90 Å². The van der Waals surface area contributed by atoms with E-state index in [0.717, 1.165) is 69.5 Å². The average molecular weight is 427 g/mol. The summed E-state index contributed by atoms with van der Waals surface area (Å²) in [4.78, 5) is 34.3. The molecular weight excluding hydrogens is 396 g/mol. The molecule has 0 atom stereocenters. The molecule has 1 N–H and O–H groups in total. The molecule has 3 aliphatic rings. The zero-order valence-corrected chi connectivity index (χ0v) is 17.8. The molecule has 0 unspecified atom stereocenters. The predicted molar refractivity (Wildman–Crippen MR) is 111 cm³/mol. The van der Waals surface area contributed by atoms with Crippen LogP contribution in [-0.4, -0.2) is 71.2 Å². The van der Waals surface area contributed by atoms with Crippen LogP contribution in [0.25, 0.3) is 0 Å². The second-order valence-electron chi connectivity index (χ2n) is 8.40. The van der Waals surface area contributed by atoms with Crippen LogP contribution >= 0.6 is 12.4 Å². The molecule has 8 nitrogen and oxygen atoms in total. The molecular formula is C20H31ClN4O4. The second kappa shape index (κ2) is 9.34. The number of amides is 2. The Hall–Kier alpha value is -1.80. The van der Waals surface area contributed by atoms with Crippen LogP contribution < -0.4 is 4.90 Å². The molecule has 0 spiro atoms. The zero-order valence-electron chi connectivity index (χ0n) is 17.0. The lowest BCUT2D eigenvalue weighted by atomic mass is 9.83. The highest BCUT2D eigenvalue weighted by atomic mass is 35.5. The fraction of sp³-hybridized carbons (Fsp3) is 0.750. The monoisotopic (exact) mass is 426 g/mol. The summed E-state index contributed by atoms with van der Waals surface area (Å²) >= 11 is 0. The lowest BCUT2D eigenvalue weighted by molar-refractivity contribution is -0.137. The first-order chi connectivity index (χ1) is 13.5. The van der Waals surface area contributed by atoms with Crippen molar-refractivity contribution in [2.75, 3.05) is 38.1 Å². The van der Waals surface area contributed by atoms with Crippen LogP contribution in [0.15, 0.2) is 4.42 Å². The fourth-order valence-electron chi connectivity index (χ4n) is 4.72. The summed E-state index contributed by atoms with van der Waals surface area (Å²) in [5, 5.41) is 8.85. The molecule has 1 aliphatic carbocycles. The van der Waals surface area contributed by atoms with Gasteiger partial charge in [-0.25, -0.2) is 9.69 Å². The lowest BCUT2D eigenvalue weighted by Gasteiger charge is -2.34. The minimum Gasteiger partial charge on any atom is -0.481 e. The molecule has 4 rings (SSSR count). The number of nitrogens with zero attached hydrogens (tertiary/aromatic N) is 4. The number of anilines is 1. The largest absolute Gasteiger partial charge is 0.481 e. The Morgan fingerprint density at radius 1 is 1.14 bits per heavy atom. The predicted octanol–water partition coefficient (Wildman–Crippen LogP) is 2.79. The number of carbonyl (C=O) groups is 2. The van der Waals surface area contributed by atoms with Gasteiger partial charge in [-0.1, -0.05) is 0 Å². The number of fused-ring (bicyclic) bond motifs is 1. The molecule has 29 heavy (non-hydrogen) atoms. The van der Waals surface area contributed by atoms with Crippen molar-refractivity contribution in [2.45, 2.75) is 57.4 Å². The van der Waals surface area contributed by atoms with Crippen LogP contribution in [0.4, 0.5) is 10.8 Å². The van der Waals surface area contributed by atoms with Crippen molar-refractivity contribution in [3.63, 3.8) is 0 Å². The number of oxazole rings is 1. The highest BCUT2D eigenvalue weighted by molar-refractivity contribution is 5.92. The van der Waals surface area contributed by atoms with E-state index < -0.39 is 5.97 Å². The van der Waals surface area contributed by atoms with E-state index in [1.165, 1.54) is 0 Å². The van der Waals surface area contributed by atoms with E-state index in [-0.39, 0.29) is 30.9 Å². The minimum atomic E-state index is -0.719. The van der Waals surface area contributed by atoms with Crippen LogP contribution in [-0.2, 0) is 17.6 Å². The number of urea groups is 1. The van der Waals surface area contributed by atoms with Gasteiger partial charge in [0.15, 0.2) is 0 Å². The first-order valence-corrected chi connectivity index (χ1v) is 10.5. The van der Waals surface area contributed by atoms with Crippen molar-refractivity contribution in [3.05, 3.63) is 11.5 Å². The van der Waals surface area contributed by atoms with Crippen LogP contribution in [0.5, 0.6) is 0 Å². The Morgan fingerprint density at radius 2 is 1.86 bits per heavy atom. The molecule has 2 amide bonds. The topological polar surface area (TPSA) is 90.1 Å². The van der Waals surface area contributed by atoms with Crippen molar-refractivity contribution in [1.82, 2.24) is 14.8 Å². The van der Waals surface area contributed by atoms with E-state index in [4.69, 9.17) is 9.52 Å². The summed E-state index contributed by atoms with van der Waals surface area (Å²) in [6, 6.07) is 0.708. The van der Waals surface area contributed by atoms with Gasteiger partial charge in [-0.05, 0) is 45.1 Å². The van der Waals surface area contributed by atoms with E-state index in [1.54, 1.807) is 4.90 Å². The van der Waals surface area contributed by atoms with Gasteiger partial charge in [-0.15, -0.1) is 12.4 Å². The van der Waals surface area contributed by atoms with Crippen molar-refractivity contribution in [1.29, 1.82) is 0 Å². The smallest absolute Gasteiger partial charge is 0.328 e. The molecule has 0 radical (unpaired) electrons. The quantitative estimate of drug-likeness (QED) is 0.778. The zero-order chi connectivity index (χ0) is 19.7. The van der Waals surface area contributed by atoms with Gasteiger partial charge >= 0.3 is 18.0 Å². The van der Waals surface area contributed by atoms with E-state index in [2.05, 4.69) is 16.9 Å². The molecule has 1 saturated heterocycles. The summed E-state index contributed by atoms with van der Waals surface area (Å²) < 4.78 is 5.98. The third-order valence-corrected chi connectivity index (χ3v) is 6.51. The van der Waals surface area contributed by atoms with Crippen molar-refractivity contribution in [3.8, 4) is 0 Å². The van der Waals surface area contributed by atoms with Gasteiger partial charge in [0.05, 0.1) is 5.69 Å². The van der Waals surface area contributed by atoms with Gasteiger partial charge in [0, 0.05) is 51.5 Å². The van der Waals surface area contributed by atoms with Crippen LogP contribution in [0.3, 0.4) is 0 Å². The maximum absolute atomic E-state index is 13.0. The van der Waals surface area contributed by atoms with E-state index in [0.29, 0.717) is 25.0 Å². The Morgan fingerprint density at radius 3 is 2.59 bits per heavy atom. The Balaban J connectivity index is 0.00000240. The molecule has 0 bridgehead atoms. The highest BCUT2D eigenvalue weighted by Gasteiger charge is 2.38. The van der Waals surface area contributed by atoms with Crippen LogP contribution in [0.1, 0.15) is 50.0 Å². The number of carboxylic acid groups (broad SMARTS) is 1. The fourth-order valence-corrected chi connectivity index (χ4v) is 4.72. The molecule has 2 fully saturated rings. The number of halogens is 1. The Bertz CT molecular complexity index is 707. The van der Waals surface area contributed by atoms with Gasteiger partial charge < -0.3 is 19.3 Å². The number of hydrogen-bond acceptors (Lipinski definition) is 5. The normalized spacial score (nSPS) is 25.5. The van der Waals surface area contributed by atoms with Gasteiger partial charge in [0.25, 0.3) is 0 Å². The third kappa shape index (κ3) is 4.86. The molecule has 1 aromatic heterocycles.